The van der Waals surface area contributed by atoms with Gasteiger partial charge in [0.15, 0.2) is 10.4 Å². The zero-order chi connectivity index (χ0) is 14.3. The van der Waals surface area contributed by atoms with Crippen molar-refractivity contribution in [1.82, 2.24) is 14.5 Å². The van der Waals surface area contributed by atoms with E-state index in [0.29, 0.717) is 26.6 Å². The van der Waals surface area contributed by atoms with E-state index < -0.39 is 5.82 Å². The zero-order valence-electron chi connectivity index (χ0n) is 9.89. The van der Waals surface area contributed by atoms with E-state index in [9.17, 15) is 4.39 Å². The quantitative estimate of drug-likeness (QED) is 0.697. The molecule has 0 amide bonds. The van der Waals surface area contributed by atoms with Crippen LogP contribution in [0.15, 0.2) is 30.5 Å². The minimum atomic E-state index is -0.602. The number of nitriles is 1. The molecule has 0 atom stereocenters. The monoisotopic (exact) mass is 304 g/mol. The number of aromatic amines is 1. The molecule has 20 heavy (non-hydrogen) atoms. The first kappa shape index (κ1) is 12.8. The van der Waals surface area contributed by atoms with Crippen molar-refractivity contribution < 1.29 is 4.39 Å². The van der Waals surface area contributed by atoms with Gasteiger partial charge in [0, 0.05) is 6.20 Å². The molecule has 3 rings (SSSR count). The van der Waals surface area contributed by atoms with Crippen LogP contribution >= 0.6 is 23.8 Å². The number of nitrogens with one attached hydrogen (secondary N) is 1. The Kier molecular flexibility index (Phi) is 3.01. The number of imidazole rings is 1. The Bertz CT molecular complexity index is 922. The van der Waals surface area contributed by atoms with Crippen molar-refractivity contribution in [2.45, 2.75) is 0 Å². The topological polar surface area (TPSA) is 57.4 Å². The van der Waals surface area contributed by atoms with Crippen LogP contribution in [0.25, 0.3) is 16.9 Å². The Morgan fingerprint density at radius 2 is 2.25 bits per heavy atom. The predicted molar refractivity (Wildman–Crippen MR) is 75.9 cm³/mol. The number of fused-ring (bicyclic) bond motifs is 1. The van der Waals surface area contributed by atoms with Gasteiger partial charge in [-0.05, 0) is 30.4 Å². The molecule has 1 N–H and O–H groups in total. The van der Waals surface area contributed by atoms with E-state index in [2.05, 4.69) is 9.97 Å². The maximum absolute atomic E-state index is 13.7. The molecule has 0 saturated heterocycles. The third-order valence-electron chi connectivity index (χ3n) is 2.83. The second-order valence-electron chi connectivity index (χ2n) is 4.04. The Morgan fingerprint density at radius 1 is 1.45 bits per heavy atom. The van der Waals surface area contributed by atoms with Crippen molar-refractivity contribution in [3.8, 4) is 11.8 Å². The van der Waals surface area contributed by atoms with Gasteiger partial charge >= 0.3 is 0 Å². The molecule has 0 aliphatic carbocycles. The van der Waals surface area contributed by atoms with Crippen LogP contribution in [0, 0.1) is 21.9 Å². The Labute approximate surface area is 123 Å². The normalized spacial score (nSPS) is 10.7. The van der Waals surface area contributed by atoms with E-state index in [1.807, 2.05) is 6.07 Å². The van der Waals surface area contributed by atoms with Crippen LogP contribution in [0.4, 0.5) is 4.39 Å². The first-order valence-corrected chi connectivity index (χ1v) is 6.35. The van der Waals surface area contributed by atoms with Crippen LogP contribution in [0.1, 0.15) is 5.56 Å². The van der Waals surface area contributed by atoms with Crippen molar-refractivity contribution in [3.63, 3.8) is 0 Å². The lowest BCUT2D eigenvalue weighted by atomic mass is 10.2. The van der Waals surface area contributed by atoms with Crippen LogP contribution in [0.5, 0.6) is 0 Å². The molecule has 0 saturated carbocycles. The van der Waals surface area contributed by atoms with Gasteiger partial charge in [-0.25, -0.2) is 9.37 Å². The first-order valence-electron chi connectivity index (χ1n) is 5.57. The van der Waals surface area contributed by atoms with Gasteiger partial charge in [-0.3, -0.25) is 4.57 Å². The summed E-state index contributed by atoms with van der Waals surface area (Å²) in [6.07, 6.45) is 1.47. The molecular weight excluding hydrogens is 299 g/mol. The van der Waals surface area contributed by atoms with Crippen LogP contribution in [-0.4, -0.2) is 14.5 Å². The summed E-state index contributed by atoms with van der Waals surface area (Å²) in [5, 5.41) is 9.58. The van der Waals surface area contributed by atoms with E-state index in [-0.39, 0.29) is 5.56 Å². The highest BCUT2D eigenvalue weighted by molar-refractivity contribution is 7.71. The fraction of sp³-hybridized carbons (Fsp3) is 0. The number of H-pyrrole nitrogens is 1. The largest absolute Gasteiger partial charge is 0.329 e. The molecular formula is C13H6ClFN4S. The summed E-state index contributed by atoms with van der Waals surface area (Å²) in [7, 11) is 0. The maximum Gasteiger partial charge on any atom is 0.184 e. The van der Waals surface area contributed by atoms with Gasteiger partial charge in [0.1, 0.15) is 17.4 Å². The van der Waals surface area contributed by atoms with Crippen molar-refractivity contribution in [3.05, 3.63) is 51.6 Å². The number of hydrogen-bond donors (Lipinski definition) is 1. The van der Waals surface area contributed by atoms with Gasteiger partial charge in [0.05, 0.1) is 16.2 Å². The molecule has 0 unspecified atom stereocenters. The van der Waals surface area contributed by atoms with E-state index in [0.717, 1.165) is 0 Å². The van der Waals surface area contributed by atoms with E-state index in [4.69, 9.17) is 29.1 Å². The molecule has 7 heteroatoms. The Hall–Kier alpha value is -2.23. The lowest BCUT2D eigenvalue weighted by Crippen LogP contribution is -2.00. The van der Waals surface area contributed by atoms with Gasteiger partial charge < -0.3 is 4.98 Å². The number of hydrogen-bond acceptors (Lipinski definition) is 3. The fourth-order valence-electron chi connectivity index (χ4n) is 2.00. The molecule has 2 heterocycles. The first-order chi connectivity index (χ1) is 9.61. The molecule has 2 aromatic heterocycles. The number of nitrogens with zero attached hydrogens (tertiary/aromatic N) is 3. The third kappa shape index (κ3) is 1.88. The van der Waals surface area contributed by atoms with Gasteiger partial charge in [0.25, 0.3) is 0 Å². The molecule has 0 spiro atoms. The van der Waals surface area contributed by atoms with Crippen LogP contribution in [0.3, 0.4) is 0 Å². The predicted octanol–water partition coefficient (Wildman–Crippen LogP) is 3.75. The lowest BCUT2D eigenvalue weighted by Gasteiger charge is -2.06. The molecule has 1 aromatic carbocycles. The molecule has 3 aromatic rings. The van der Waals surface area contributed by atoms with E-state index in [1.54, 1.807) is 12.1 Å². The minimum Gasteiger partial charge on any atom is -0.329 e. The van der Waals surface area contributed by atoms with Gasteiger partial charge in [-0.1, -0.05) is 17.7 Å². The SMILES string of the molecule is N#Cc1c(F)cccc1-n1c(=S)[nH]c2cc(Cl)cnc21. The Morgan fingerprint density at radius 3 is 3.00 bits per heavy atom. The van der Waals surface area contributed by atoms with Gasteiger partial charge in [0.2, 0.25) is 0 Å². The summed E-state index contributed by atoms with van der Waals surface area (Å²) in [5.41, 5.74) is 1.37. The Balaban J connectivity index is 2.42. The van der Waals surface area contributed by atoms with Crippen LogP contribution in [0.2, 0.25) is 5.02 Å². The van der Waals surface area contributed by atoms with Crippen molar-refractivity contribution in [2.75, 3.05) is 0 Å². The second-order valence-corrected chi connectivity index (χ2v) is 4.86. The van der Waals surface area contributed by atoms with Gasteiger partial charge in [-0.15, -0.1) is 0 Å². The summed E-state index contributed by atoms with van der Waals surface area (Å²) < 4.78 is 15.5. The summed E-state index contributed by atoms with van der Waals surface area (Å²) >= 11 is 11.1. The van der Waals surface area contributed by atoms with Gasteiger partial charge in [-0.2, -0.15) is 5.26 Å². The molecule has 0 aliphatic rings. The summed E-state index contributed by atoms with van der Waals surface area (Å²) in [6.45, 7) is 0. The highest BCUT2D eigenvalue weighted by Crippen LogP contribution is 2.23. The number of rotatable bonds is 1. The molecule has 0 radical (unpaired) electrons. The second kappa shape index (κ2) is 4.71. The zero-order valence-corrected chi connectivity index (χ0v) is 11.5. The standard InChI is InChI=1S/C13H6ClFN4S/c14-7-4-10-12(17-6-7)19(13(20)18-10)11-3-1-2-9(15)8(11)5-16/h1-4,6H,(H,18,20). The number of benzene rings is 1. The van der Waals surface area contributed by atoms with Crippen molar-refractivity contribution >= 4 is 35.0 Å². The van der Waals surface area contributed by atoms with Crippen molar-refractivity contribution in [1.29, 1.82) is 5.26 Å². The van der Waals surface area contributed by atoms with E-state index in [1.165, 1.54) is 22.9 Å². The smallest absolute Gasteiger partial charge is 0.184 e. The summed E-state index contributed by atoms with van der Waals surface area (Å²) in [6, 6.07) is 7.87. The molecule has 0 aliphatic heterocycles. The van der Waals surface area contributed by atoms with E-state index >= 15 is 0 Å². The maximum atomic E-state index is 13.7. The third-order valence-corrected chi connectivity index (χ3v) is 3.33. The lowest BCUT2D eigenvalue weighted by molar-refractivity contribution is 0.622. The molecule has 0 bridgehead atoms. The molecule has 98 valence electrons. The summed E-state index contributed by atoms with van der Waals surface area (Å²) in [4.78, 5) is 7.12. The highest BCUT2D eigenvalue weighted by Gasteiger charge is 2.14. The minimum absolute atomic E-state index is 0.0822. The number of pyridine rings is 1. The molecule has 4 nitrogen and oxygen atoms in total. The fourth-order valence-corrected chi connectivity index (χ4v) is 2.46. The van der Waals surface area contributed by atoms with Crippen LogP contribution < -0.4 is 0 Å². The average Bonchev–Trinajstić information content (AvgIpc) is 2.73. The van der Waals surface area contributed by atoms with Crippen LogP contribution in [-0.2, 0) is 0 Å². The summed E-state index contributed by atoms with van der Waals surface area (Å²) in [5.74, 6) is -0.602. The number of aromatic nitrogens is 3. The van der Waals surface area contributed by atoms with Crippen molar-refractivity contribution in [2.24, 2.45) is 0 Å². The highest BCUT2D eigenvalue weighted by atomic mass is 35.5. The number of halogens is 2. The average molecular weight is 305 g/mol. The molecule has 0 fully saturated rings.